The molecule has 0 aliphatic rings. The van der Waals surface area contributed by atoms with Crippen LogP contribution < -0.4 is 9.47 Å². The van der Waals surface area contributed by atoms with E-state index in [1.54, 1.807) is 49.6 Å². The first-order chi connectivity index (χ1) is 14.3. The molecule has 0 aliphatic carbocycles. The lowest BCUT2D eigenvalue weighted by Gasteiger charge is -2.11. The van der Waals surface area contributed by atoms with Crippen molar-refractivity contribution in [2.24, 2.45) is 0 Å². The van der Waals surface area contributed by atoms with Crippen LogP contribution in [0.2, 0.25) is 0 Å². The second-order valence-corrected chi connectivity index (χ2v) is 9.01. The molecule has 0 spiro atoms. The number of benzene rings is 2. The average molecular weight is 432 g/mol. The molecule has 8 nitrogen and oxygen atoms in total. The summed E-state index contributed by atoms with van der Waals surface area (Å²) in [6, 6.07) is 11.7. The van der Waals surface area contributed by atoms with E-state index in [9.17, 15) is 13.2 Å². The number of carbonyl (C=O) groups is 1. The molecule has 0 unspecified atom stereocenters. The summed E-state index contributed by atoms with van der Waals surface area (Å²) < 4.78 is 38.4. The Morgan fingerprint density at radius 1 is 1.10 bits per heavy atom. The summed E-state index contributed by atoms with van der Waals surface area (Å²) >= 11 is 0. The molecule has 2 aromatic carbocycles. The van der Waals surface area contributed by atoms with E-state index >= 15 is 0 Å². The van der Waals surface area contributed by atoms with Gasteiger partial charge in [0.15, 0.2) is 0 Å². The van der Waals surface area contributed by atoms with Gasteiger partial charge in [-0.15, -0.1) is 0 Å². The maximum Gasteiger partial charge on any atom is 0.311 e. The lowest BCUT2D eigenvalue weighted by molar-refractivity contribution is -0.134. The largest absolute Gasteiger partial charge is 0.497 e. The third-order valence-corrected chi connectivity index (χ3v) is 6.55. The second-order valence-electron chi connectivity index (χ2n) is 6.86. The van der Waals surface area contributed by atoms with Crippen LogP contribution in [0.3, 0.4) is 0 Å². The molecule has 0 aliphatic heterocycles. The maximum atomic E-state index is 12.4. The molecular formula is C21H25N3O5S. The van der Waals surface area contributed by atoms with E-state index in [0.717, 1.165) is 5.52 Å². The zero-order valence-corrected chi connectivity index (χ0v) is 18.3. The lowest BCUT2D eigenvalue weighted by atomic mass is 10.3. The molecule has 0 amide bonds. The van der Waals surface area contributed by atoms with Gasteiger partial charge in [-0.3, -0.25) is 4.79 Å². The van der Waals surface area contributed by atoms with E-state index in [4.69, 9.17) is 9.47 Å². The first-order valence-corrected chi connectivity index (χ1v) is 11.0. The van der Waals surface area contributed by atoms with Crippen molar-refractivity contribution >= 4 is 27.0 Å². The second kappa shape index (κ2) is 8.85. The van der Waals surface area contributed by atoms with Gasteiger partial charge in [-0.25, -0.2) is 17.7 Å². The van der Waals surface area contributed by atoms with Crippen LogP contribution in [-0.2, 0) is 27.8 Å². The smallest absolute Gasteiger partial charge is 0.311 e. The Balaban J connectivity index is 1.77. The van der Waals surface area contributed by atoms with Gasteiger partial charge < -0.3 is 14.0 Å². The van der Waals surface area contributed by atoms with E-state index < -0.39 is 10.0 Å². The third-order valence-electron chi connectivity index (χ3n) is 4.74. The van der Waals surface area contributed by atoms with Gasteiger partial charge in [-0.05, 0) is 49.4 Å². The van der Waals surface area contributed by atoms with Gasteiger partial charge in [0.05, 0.1) is 29.5 Å². The number of hydrogen-bond donors (Lipinski definition) is 0. The molecule has 160 valence electrons. The van der Waals surface area contributed by atoms with Crippen LogP contribution in [0.1, 0.15) is 19.2 Å². The molecule has 0 fully saturated rings. The molecular weight excluding hydrogens is 406 g/mol. The predicted octanol–water partition coefficient (Wildman–Crippen LogP) is 2.85. The summed E-state index contributed by atoms with van der Waals surface area (Å²) in [4.78, 5) is 17.0. The van der Waals surface area contributed by atoms with Crippen molar-refractivity contribution in [1.82, 2.24) is 13.9 Å². The quantitative estimate of drug-likeness (QED) is 0.402. The van der Waals surface area contributed by atoms with Crippen LogP contribution in [0.4, 0.5) is 0 Å². The summed E-state index contributed by atoms with van der Waals surface area (Å²) in [6.45, 7) is 2.63. The van der Waals surface area contributed by atoms with E-state index in [1.807, 2.05) is 11.5 Å². The van der Waals surface area contributed by atoms with Gasteiger partial charge in [0.2, 0.25) is 10.0 Å². The van der Waals surface area contributed by atoms with Crippen LogP contribution in [0.15, 0.2) is 47.4 Å². The maximum absolute atomic E-state index is 12.4. The molecule has 0 saturated heterocycles. The Bertz CT molecular complexity index is 1150. The monoisotopic (exact) mass is 431 g/mol. The van der Waals surface area contributed by atoms with Crippen LogP contribution >= 0.6 is 0 Å². The number of aryl methyl sites for hydroxylation is 2. The van der Waals surface area contributed by atoms with Crippen molar-refractivity contribution in [3.63, 3.8) is 0 Å². The van der Waals surface area contributed by atoms with Crippen molar-refractivity contribution in [2.75, 3.05) is 21.2 Å². The standard InChI is InChI=1S/C21H25N3O5S/c1-5-24-19-11-10-17(30(26,27)23(2)3)14-18(19)22-20(24)12-13-21(25)29-16-8-6-15(28-4)7-9-16/h6-11,14H,5,12-13H2,1-4H3. The van der Waals surface area contributed by atoms with Gasteiger partial charge >= 0.3 is 5.97 Å². The van der Waals surface area contributed by atoms with Gasteiger partial charge in [0, 0.05) is 27.1 Å². The van der Waals surface area contributed by atoms with E-state index in [1.165, 1.54) is 18.4 Å². The Morgan fingerprint density at radius 2 is 1.77 bits per heavy atom. The number of sulfonamides is 1. The van der Waals surface area contributed by atoms with Crippen LogP contribution in [0, 0.1) is 0 Å². The van der Waals surface area contributed by atoms with E-state index in [2.05, 4.69) is 4.98 Å². The fourth-order valence-corrected chi connectivity index (χ4v) is 4.04. The molecule has 3 aromatic rings. The number of ether oxygens (including phenoxy) is 2. The zero-order valence-electron chi connectivity index (χ0n) is 17.5. The van der Waals surface area contributed by atoms with Crippen LogP contribution in [0.25, 0.3) is 11.0 Å². The first kappa shape index (κ1) is 21.8. The molecule has 0 bridgehead atoms. The van der Waals surface area contributed by atoms with Gasteiger partial charge in [-0.1, -0.05) is 0 Å². The summed E-state index contributed by atoms with van der Waals surface area (Å²) in [7, 11) is 1.01. The summed E-state index contributed by atoms with van der Waals surface area (Å²) in [5.41, 5.74) is 1.41. The third kappa shape index (κ3) is 4.47. The van der Waals surface area contributed by atoms with Crippen molar-refractivity contribution < 1.29 is 22.7 Å². The molecule has 30 heavy (non-hydrogen) atoms. The molecule has 0 saturated carbocycles. The number of aromatic nitrogens is 2. The Labute approximate surface area is 176 Å². The van der Waals surface area contributed by atoms with Gasteiger partial charge in [-0.2, -0.15) is 0 Å². The number of imidazole rings is 1. The number of esters is 1. The predicted molar refractivity (Wildman–Crippen MR) is 113 cm³/mol. The SMILES string of the molecule is CCn1c(CCC(=O)Oc2ccc(OC)cc2)nc2cc(S(=O)(=O)N(C)C)ccc21. The highest BCUT2D eigenvalue weighted by molar-refractivity contribution is 7.89. The summed E-state index contributed by atoms with van der Waals surface area (Å²) in [6.07, 6.45) is 0.533. The molecule has 9 heteroatoms. The lowest BCUT2D eigenvalue weighted by Crippen LogP contribution is -2.22. The minimum absolute atomic E-state index is 0.151. The normalized spacial score (nSPS) is 11.8. The molecule has 0 radical (unpaired) electrons. The number of methoxy groups -OCH3 is 1. The topological polar surface area (TPSA) is 90.7 Å². The van der Waals surface area contributed by atoms with Crippen LogP contribution in [0.5, 0.6) is 11.5 Å². The Hall–Kier alpha value is -2.91. The summed E-state index contributed by atoms with van der Waals surface area (Å²) in [5.74, 6) is 1.47. The fraction of sp³-hybridized carbons (Fsp3) is 0.333. The molecule has 3 rings (SSSR count). The number of nitrogens with zero attached hydrogens (tertiary/aromatic N) is 3. The number of fused-ring (bicyclic) bond motifs is 1. The minimum atomic E-state index is -3.54. The van der Waals surface area contributed by atoms with Crippen molar-refractivity contribution in [3.05, 3.63) is 48.3 Å². The van der Waals surface area contributed by atoms with Crippen molar-refractivity contribution in [3.8, 4) is 11.5 Å². The minimum Gasteiger partial charge on any atom is -0.497 e. The molecule has 0 N–H and O–H groups in total. The number of hydrogen-bond acceptors (Lipinski definition) is 6. The zero-order chi connectivity index (χ0) is 21.9. The van der Waals surface area contributed by atoms with E-state index in [-0.39, 0.29) is 17.3 Å². The number of rotatable bonds is 8. The van der Waals surface area contributed by atoms with E-state index in [0.29, 0.717) is 35.8 Å². The first-order valence-electron chi connectivity index (χ1n) is 9.52. The fourth-order valence-electron chi connectivity index (χ4n) is 3.11. The van der Waals surface area contributed by atoms with Crippen molar-refractivity contribution in [1.29, 1.82) is 0 Å². The highest BCUT2D eigenvalue weighted by Gasteiger charge is 2.20. The van der Waals surface area contributed by atoms with Crippen LogP contribution in [-0.4, -0.2) is 49.4 Å². The van der Waals surface area contributed by atoms with Gasteiger partial charge in [0.1, 0.15) is 17.3 Å². The average Bonchev–Trinajstić information content (AvgIpc) is 3.09. The molecule has 0 atom stereocenters. The Morgan fingerprint density at radius 3 is 2.37 bits per heavy atom. The van der Waals surface area contributed by atoms with Crippen molar-refractivity contribution in [2.45, 2.75) is 31.2 Å². The number of carbonyl (C=O) groups excluding carboxylic acids is 1. The molecule has 1 aromatic heterocycles. The summed E-state index contributed by atoms with van der Waals surface area (Å²) in [5, 5.41) is 0. The molecule has 1 heterocycles. The Kier molecular flexibility index (Phi) is 6.42. The van der Waals surface area contributed by atoms with Gasteiger partial charge in [0.25, 0.3) is 0 Å². The highest BCUT2D eigenvalue weighted by Crippen LogP contribution is 2.23. The highest BCUT2D eigenvalue weighted by atomic mass is 32.2.